The van der Waals surface area contributed by atoms with Crippen LogP contribution in [0.15, 0.2) is 54.6 Å². The van der Waals surface area contributed by atoms with Crippen LogP contribution in [0.5, 0.6) is 0 Å². The van der Waals surface area contributed by atoms with E-state index in [4.69, 9.17) is 4.98 Å². The summed E-state index contributed by atoms with van der Waals surface area (Å²) in [4.78, 5) is 23.1. The molecule has 154 valence electrons. The first-order chi connectivity index (χ1) is 14.7. The second-order valence-corrected chi connectivity index (χ2v) is 8.30. The summed E-state index contributed by atoms with van der Waals surface area (Å²) < 4.78 is 2.19. The highest BCUT2D eigenvalue weighted by Gasteiger charge is 2.22. The van der Waals surface area contributed by atoms with E-state index in [1.165, 1.54) is 5.52 Å². The first-order valence-electron chi connectivity index (χ1n) is 10.7. The number of aryl methyl sites for hydroxylation is 1. The second-order valence-electron chi connectivity index (χ2n) is 8.30. The van der Waals surface area contributed by atoms with Crippen molar-refractivity contribution in [1.82, 2.24) is 24.8 Å². The molecular weight excluding hydrogens is 374 g/mol. The van der Waals surface area contributed by atoms with Crippen molar-refractivity contribution in [2.45, 2.75) is 19.4 Å². The van der Waals surface area contributed by atoms with Gasteiger partial charge in [0.1, 0.15) is 11.5 Å². The number of aromatic nitrogens is 3. The Balaban J connectivity index is 1.20. The highest BCUT2D eigenvalue weighted by Crippen LogP contribution is 2.21. The maximum atomic E-state index is 12.6. The van der Waals surface area contributed by atoms with Crippen LogP contribution >= 0.6 is 0 Å². The van der Waals surface area contributed by atoms with Gasteiger partial charge >= 0.3 is 0 Å². The molecule has 1 atom stereocenters. The molecule has 1 saturated heterocycles. The molecule has 0 bridgehead atoms. The quantitative estimate of drug-likeness (QED) is 0.536. The van der Waals surface area contributed by atoms with Gasteiger partial charge in [0.05, 0.1) is 17.6 Å². The molecule has 30 heavy (non-hydrogen) atoms. The van der Waals surface area contributed by atoms with Gasteiger partial charge in [-0.1, -0.05) is 30.3 Å². The number of aromatic amines is 1. The van der Waals surface area contributed by atoms with Gasteiger partial charge in [0.25, 0.3) is 5.91 Å². The van der Waals surface area contributed by atoms with Gasteiger partial charge in [0.2, 0.25) is 0 Å². The van der Waals surface area contributed by atoms with Crippen LogP contribution in [0.1, 0.15) is 29.2 Å². The van der Waals surface area contributed by atoms with Crippen LogP contribution in [-0.2, 0) is 13.6 Å². The number of carbonyl (C=O) groups is 1. The fourth-order valence-corrected chi connectivity index (χ4v) is 4.53. The van der Waals surface area contributed by atoms with Gasteiger partial charge in [0.15, 0.2) is 0 Å². The van der Waals surface area contributed by atoms with Gasteiger partial charge in [-0.3, -0.25) is 9.69 Å². The largest absolute Gasteiger partial charge is 0.351 e. The van der Waals surface area contributed by atoms with E-state index in [0.717, 1.165) is 54.7 Å². The smallest absolute Gasteiger partial charge is 0.267 e. The molecule has 0 aliphatic carbocycles. The van der Waals surface area contributed by atoms with Gasteiger partial charge < -0.3 is 14.9 Å². The molecule has 4 aromatic rings. The Morgan fingerprint density at radius 1 is 1.20 bits per heavy atom. The zero-order chi connectivity index (χ0) is 20.5. The zero-order valence-corrected chi connectivity index (χ0v) is 17.3. The number of hydrogen-bond acceptors (Lipinski definition) is 3. The topological polar surface area (TPSA) is 65.9 Å². The monoisotopic (exact) mass is 401 g/mol. The molecule has 2 N–H and O–H groups in total. The SMILES string of the molecule is Cn1c(CN2CCC[C@H](CNC(=O)c3cc4ccccc4[nH]3)C2)nc2ccccc21. The number of benzene rings is 2. The highest BCUT2D eigenvalue weighted by atomic mass is 16.1. The Morgan fingerprint density at radius 2 is 2.03 bits per heavy atom. The summed E-state index contributed by atoms with van der Waals surface area (Å²) in [5, 5.41) is 4.19. The van der Waals surface area contributed by atoms with Gasteiger partial charge in [0, 0.05) is 31.0 Å². The summed E-state index contributed by atoms with van der Waals surface area (Å²) >= 11 is 0. The average Bonchev–Trinajstić information content (AvgIpc) is 3.34. The van der Waals surface area contributed by atoms with Crippen molar-refractivity contribution in [3.05, 3.63) is 66.1 Å². The summed E-state index contributed by atoms with van der Waals surface area (Å²) in [5.74, 6) is 1.53. The number of nitrogens with zero attached hydrogens (tertiary/aromatic N) is 3. The number of carbonyl (C=O) groups excluding carboxylic acids is 1. The van der Waals surface area contributed by atoms with E-state index < -0.39 is 0 Å². The Morgan fingerprint density at radius 3 is 2.90 bits per heavy atom. The molecule has 0 spiro atoms. The lowest BCUT2D eigenvalue weighted by atomic mass is 9.98. The Bertz CT molecular complexity index is 1160. The molecule has 0 unspecified atom stereocenters. The average molecular weight is 402 g/mol. The minimum atomic E-state index is -0.0290. The second kappa shape index (κ2) is 7.95. The number of amides is 1. The fourth-order valence-electron chi connectivity index (χ4n) is 4.53. The molecule has 3 heterocycles. The van der Waals surface area contributed by atoms with Gasteiger partial charge in [-0.2, -0.15) is 0 Å². The van der Waals surface area contributed by atoms with Crippen molar-refractivity contribution < 1.29 is 4.79 Å². The summed E-state index contributed by atoms with van der Waals surface area (Å²) in [7, 11) is 2.09. The Kier molecular flexibility index (Phi) is 5.01. The van der Waals surface area contributed by atoms with Crippen LogP contribution in [0.3, 0.4) is 0 Å². The van der Waals surface area contributed by atoms with Crippen molar-refractivity contribution in [3.63, 3.8) is 0 Å². The Hall–Kier alpha value is -3.12. The van der Waals surface area contributed by atoms with Crippen molar-refractivity contribution in [2.75, 3.05) is 19.6 Å². The number of H-pyrrole nitrogens is 1. The van der Waals surface area contributed by atoms with E-state index in [1.54, 1.807) is 0 Å². The third-order valence-corrected chi connectivity index (χ3v) is 6.17. The molecule has 1 aliphatic rings. The van der Waals surface area contributed by atoms with Crippen molar-refractivity contribution in [2.24, 2.45) is 13.0 Å². The minimum absolute atomic E-state index is 0.0290. The summed E-state index contributed by atoms with van der Waals surface area (Å²) in [6.45, 7) is 3.61. The number of imidazole rings is 1. The number of nitrogens with one attached hydrogen (secondary N) is 2. The van der Waals surface area contributed by atoms with E-state index in [-0.39, 0.29) is 5.91 Å². The first kappa shape index (κ1) is 18.9. The molecule has 2 aromatic carbocycles. The van der Waals surface area contributed by atoms with E-state index >= 15 is 0 Å². The van der Waals surface area contributed by atoms with Crippen LogP contribution in [0.4, 0.5) is 0 Å². The van der Waals surface area contributed by atoms with Crippen molar-refractivity contribution >= 4 is 27.8 Å². The molecule has 0 radical (unpaired) electrons. The van der Waals surface area contributed by atoms with Crippen LogP contribution in [-0.4, -0.2) is 45.0 Å². The maximum Gasteiger partial charge on any atom is 0.267 e. The molecule has 2 aromatic heterocycles. The lowest BCUT2D eigenvalue weighted by Crippen LogP contribution is -2.41. The van der Waals surface area contributed by atoms with Crippen LogP contribution in [0, 0.1) is 5.92 Å². The number of fused-ring (bicyclic) bond motifs is 2. The number of piperidine rings is 1. The molecule has 1 amide bonds. The third-order valence-electron chi connectivity index (χ3n) is 6.17. The molecule has 0 saturated carbocycles. The van der Waals surface area contributed by atoms with Crippen LogP contribution in [0.25, 0.3) is 21.9 Å². The summed E-state index contributed by atoms with van der Waals surface area (Å²) in [6.07, 6.45) is 2.29. The number of likely N-dealkylation sites (tertiary alicyclic amines) is 1. The first-order valence-corrected chi connectivity index (χ1v) is 10.7. The predicted octanol–water partition coefficient (Wildman–Crippen LogP) is 3.70. The zero-order valence-electron chi connectivity index (χ0n) is 17.3. The minimum Gasteiger partial charge on any atom is -0.351 e. The summed E-state index contributed by atoms with van der Waals surface area (Å²) in [5.41, 5.74) is 3.85. The number of hydrogen-bond donors (Lipinski definition) is 2. The maximum absolute atomic E-state index is 12.6. The van der Waals surface area contributed by atoms with E-state index in [9.17, 15) is 4.79 Å². The van der Waals surface area contributed by atoms with E-state index in [0.29, 0.717) is 18.2 Å². The van der Waals surface area contributed by atoms with E-state index in [1.807, 2.05) is 36.4 Å². The molecule has 5 rings (SSSR count). The molecule has 1 aliphatic heterocycles. The predicted molar refractivity (Wildman–Crippen MR) is 119 cm³/mol. The lowest BCUT2D eigenvalue weighted by Gasteiger charge is -2.32. The molecule has 6 nitrogen and oxygen atoms in total. The molecular formula is C24H27N5O. The normalized spacial score (nSPS) is 17.6. The summed E-state index contributed by atoms with van der Waals surface area (Å²) in [6, 6.07) is 18.2. The van der Waals surface area contributed by atoms with Crippen molar-refractivity contribution in [1.29, 1.82) is 0 Å². The van der Waals surface area contributed by atoms with E-state index in [2.05, 4.69) is 45.0 Å². The standard InChI is InChI=1S/C24H27N5O/c1-28-22-11-5-4-10-20(22)27-23(28)16-29-12-6-7-17(15-29)14-25-24(30)21-13-18-8-2-3-9-19(18)26-21/h2-5,8-11,13,17,26H,6-7,12,14-16H2,1H3,(H,25,30)/t17-/m1/s1. The van der Waals surface area contributed by atoms with Crippen LogP contribution < -0.4 is 5.32 Å². The van der Waals surface area contributed by atoms with Gasteiger partial charge in [-0.15, -0.1) is 0 Å². The van der Waals surface area contributed by atoms with Crippen LogP contribution in [0.2, 0.25) is 0 Å². The number of rotatable bonds is 5. The number of para-hydroxylation sites is 3. The molecule has 6 heteroatoms. The molecule has 1 fully saturated rings. The highest BCUT2D eigenvalue weighted by molar-refractivity contribution is 5.97. The third kappa shape index (κ3) is 3.71. The van der Waals surface area contributed by atoms with Gasteiger partial charge in [-0.05, 0) is 49.6 Å². The fraction of sp³-hybridized carbons (Fsp3) is 0.333. The lowest BCUT2D eigenvalue weighted by molar-refractivity contribution is 0.0925. The van der Waals surface area contributed by atoms with Crippen molar-refractivity contribution in [3.8, 4) is 0 Å². The van der Waals surface area contributed by atoms with Gasteiger partial charge in [-0.25, -0.2) is 4.98 Å². The Labute approximate surface area is 175 Å².